The van der Waals surface area contributed by atoms with E-state index in [0.29, 0.717) is 0 Å². The smallest absolute Gasteiger partial charge is 0.336 e. The zero-order valence-corrected chi connectivity index (χ0v) is 9.21. The fraction of sp³-hybridized carbons (Fsp3) is 0.182. The van der Waals surface area contributed by atoms with Crippen molar-refractivity contribution in [3.05, 3.63) is 35.4 Å². The van der Waals surface area contributed by atoms with Crippen LogP contribution in [0.4, 0.5) is 0 Å². The van der Waals surface area contributed by atoms with Gasteiger partial charge in [-0.05, 0) is 12.1 Å². The molecule has 0 aliphatic carbocycles. The molecule has 0 aliphatic heterocycles. The fourth-order valence-corrected chi connectivity index (χ4v) is 1.37. The molecule has 0 aromatic heterocycles. The molecule has 0 bridgehead atoms. The van der Waals surface area contributed by atoms with Crippen LogP contribution in [0.3, 0.4) is 0 Å². The maximum absolute atomic E-state index is 11.9. The van der Waals surface area contributed by atoms with Crippen LogP contribution in [0, 0.1) is 0 Å². The number of nitrogens with two attached hydrogens (primary N) is 1. The molecule has 0 spiro atoms. The van der Waals surface area contributed by atoms with E-state index in [4.69, 9.17) is 10.8 Å². The lowest BCUT2D eigenvalue weighted by atomic mass is 10.1. The van der Waals surface area contributed by atoms with Crippen LogP contribution in [-0.4, -0.2) is 41.4 Å². The third-order valence-corrected chi connectivity index (χ3v) is 2.13. The van der Waals surface area contributed by atoms with Crippen LogP contribution in [0.1, 0.15) is 20.7 Å². The maximum Gasteiger partial charge on any atom is 0.336 e. The molecule has 1 aromatic carbocycles. The fourth-order valence-electron chi connectivity index (χ4n) is 1.37. The van der Waals surface area contributed by atoms with E-state index in [-0.39, 0.29) is 17.7 Å². The minimum absolute atomic E-state index is 0.0313. The second kappa shape index (κ2) is 5.11. The van der Waals surface area contributed by atoms with Crippen molar-refractivity contribution in [1.82, 2.24) is 4.90 Å². The van der Waals surface area contributed by atoms with Gasteiger partial charge in [0.2, 0.25) is 5.91 Å². The molecule has 0 radical (unpaired) electrons. The first-order valence-corrected chi connectivity index (χ1v) is 4.79. The quantitative estimate of drug-likeness (QED) is 0.764. The third kappa shape index (κ3) is 3.04. The highest BCUT2D eigenvalue weighted by Crippen LogP contribution is 2.11. The zero-order chi connectivity index (χ0) is 13.0. The van der Waals surface area contributed by atoms with E-state index < -0.39 is 17.8 Å². The minimum atomic E-state index is -1.19. The summed E-state index contributed by atoms with van der Waals surface area (Å²) in [6.45, 7) is -0.257. The molecule has 6 heteroatoms. The van der Waals surface area contributed by atoms with Crippen molar-refractivity contribution in [3.8, 4) is 0 Å². The summed E-state index contributed by atoms with van der Waals surface area (Å²) in [5.41, 5.74) is 4.89. The molecule has 90 valence electrons. The number of hydrogen-bond acceptors (Lipinski definition) is 3. The van der Waals surface area contributed by atoms with Gasteiger partial charge >= 0.3 is 5.97 Å². The van der Waals surface area contributed by atoms with Crippen LogP contribution < -0.4 is 5.73 Å². The predicted molar refractivity (Wildman–Crippen MR) is 59.6 cm³/mol. The van der Waals surface area contributed by atoms with Crippen molar-refractivity contribution in [2.24, 2.45) is 5.73 Å². The molecule has 0 aliphatic rings. The molecule has 1 rings (SSSR count). The Labute approximate surface area is 97.6 Å². The van der Waals surface area contributed by atoms with E-state index in [2.05, 4.69) is 0 Å². The Morgan fingerprint density at radius 2 is 1.76 bits per heavy atom. The standard InChI is InChI=1S/C11H12N2O4/c1-13(6-9(12)14)10(15)7-4-2-3-5-8(7)11(16)17/h2-5H,6H2,1H3,(H2,12,14)(H,16,17). The molecule has 0 fully saturated rings. The van der Waals surface area contributed by atoms with Crippen molar-refractivity contribution in [2.45, 2.75) is 0 Å². The molecule has 0 unspecified atom stereocenters. The molecule has 6 nitrogen and oxygen atoms in total. The maximum atomic E-state index is 11.9. The Bertz CT molecular complexity index is 470. The first-order valence-electron chi connectivity index (χ1n) is 4.79. The van der Waals surface area contributed by atoms with E-state index in [9.17, 15) is 14.4 Å². The van der Waals surface area contributed by atoms with Gasteiger partial charge in [-0.1, -0.05) is 12.1 Å². The summed E-state index contributed by atoms with van der Waals surface area (Å²) in [4.78, 5) is 34.5. The number of carbonyl (C=O) groups is 3. The van der Waals surface area contributed by atoms with E-state index in [1.165, 1.54) is 25.2 Å². The first-order chi connectivity index (χ1) is 7.93. The number of primary amides is 1. The van der Waals surface area contributed by atoms with Crippen LogP contribution >= 0.6 is 0 Å². The summed E-state index contributed by atoms with van der Waals surface area (Å²) in [6.07, 6.45) is 0. The average molecular weight is 236 g/mol. The summed E-state index contributed by atoms with van der Waals surface area (Å²) in [7, 11) is 1.38. The van der Waals surface area contributed by atoms with Crippen molar-refractivity contribution in [1.29, 1.82) is 0 Å². The van der Waals surface area contributed by atoms with Gasteiger partial charge in [-0.15, -0.1) is 0 Å². The van der Waals surface area contributed by atoms with Gasteiger partial charge in [0, 0.05) is 7.05 Å². The Hall–Kier alpha value is -2.37. The number of hydrogen-bond donors (Lipinski definition) is 2. The summed E-state index contributed by atoms with van der Waals surface area (Å²) in [6, 6.07) is 5.79. The average Bonchev–Trinajstić information content (AvgIpc) is 2.27. The summed E-state index contributed by atoms with van der Waals surface area (Å²) in [5.74, 6) is -2.41. The van der Waals surface area contributed by atoms with Crippen LogP contribution in [0.25, 0.3) is 0 Å². The predicted octanol–water partition coefficient (Wildman–Crippen LogP) is -0.0579. The molecule has 2 amide bonds. The van der Waals surface area contributed by atoms with Gasteiger partial charge < -0.3 is 15.7 Å². The van der Waals surface area contributed by atoms with E-state index in [1.54, 1.807) is 6.07 Å². The SMILES string of the molecule is CN(CC(N)=O)C(=O)c1ccccc1C(=O)O. The molecule has 0 saturated heterocycles. The number of nitrogens with zero attached hydrogens (tertiary/aromatic N) is 1. The molecule has 0 atom stereocenters. The number of likely N-dealkylation sites (N-methyl/N-ethyl adjacent to an activating group) is 1. The van der Waals surface area contributed by atoms with Crippen molar-refractivity contribution >= 4 is 17.8 Å². The lowest BCUT2D eigenvalue weighted by molar-refractivity contribution is -0.118. The topological polar surface area (TPSA) is 101 Å². The molecule has 0 heterocycles. The number of rotatable bonds is 4. The number of amides is 2. The van der Waals surface area contributed by atoms with Crippen LogP contribution in [0.5, 0.6) is 0 Å². The van der Waals surface area contributed by atoms with E-state index >= 15 is 0 Å². The lowest BCUT2D eigenvalue weighted by Crippen LogP contribution is -2.36. The highest BCUT2D eigenvalue weighted by Gasteiger charge is 2.19. The number of carboxylic acids is 1. The van der Waals surface area contributed by atoms with Crippen LogP contribution in [0.2, 0.25) is 0 Å². The Morgan fingerprint density at radius 3 is 2.24 bits per heavy atom. The van der Waals surface area contributed by atoms with Crippen molar-refractivity contribution in [3.63, 3.8) is 0 Å². The second-order valence-corrected chi connectivity index (χ2v) is 3.48. The molecular formula is C11H12N2O4. The summed E-state index contributed by atoms with van der Waals surface area (Å²) >= 11 is 0. The highest BCUT2D eigenvalue weighted by atomic mass is 16.4. The van der Waals surface area contributed by atoms with E-state index in [1.807, 2.05) is 0 Å². The van der Waals surface area contributed by atoms with Gasteiger partial charge in [-0.3, -0.25) is 9.59 Å². The molecule has 1 aromatic rings. The number of aromatic carboxylic acids is 1. The Kier molecular flexibility index (Phi) is 3.82. The number of carbonyl (C=O) groups excluding carboxylic acids is 2. The van der Waals surface area contributed by atoms with Crippen LogP contribution in [0.15, 0.2) is 24.3 Å². The lowest BCUT2D eigenvalue weighted by Gasteiger charge is -2.16. The van der Waals surface area contributed by atoms with Gasteiger partial charge in [-0.25, -0.2) is 4.79 Å². The largest absolute Gasteiger partial charge is 0.478 e. The van der Waals surface area contributed by atoms with E-state index in [0.717, 1.165) is 4.90 Å². The van der Waals surface area contributed by atoms with Crippen LogP contribution in [-0.2, 0) is 4.79 Å². The number of benzene rings is 1. The van der Waals surface area contributed by atoms with Crippen molar-refractivity contribution in [2.75, 3.05) is 13.6 Å². The molecule has 17 heavy (non-hydrogen) atoms. The summed E-state index contributed by atoms with van der Waals surface area (Å²) in [5, 5.41) is 8.92. The first kappa shape index (κ1) is 12.7. The zero-order valence-electron chi connectivity index (χ0n) is 9.21. The monoisotopic (exact) mass is 236 g/mol. The minimum Gasteiger partial charge on any atom is -0.478 e. The molecular weight excluding hydrogens is 224 g/mol. The number of carboxylic acid groups (broad SMARTS) is 1. The van der Waals surface area contributed by atoms with Gasteiger partial charge in [-0.2, -0.15) is 0 Å². The third-order valence-electron chi connectivity index (χ3n) is 2.13. The molecule has 0 saturated carbocycles. The highest BCUT2D eigenvalue weighted by molar-refractivity contribution is 6.05. The Balaban J connectivity index is 3.04. The second-order valence-electron chi connectivity index (χ2n) is 3.48. The normalized spacial score (nSPS) is 9.71. The Morgan fingerprint density at radius 1 is 1.24 bits per heavy atom. The molecule has 3 N–H and O–H groups in total. The van der Waals surface area contributed by atoms with Gasteiger partial charge in [0.1, 0.15) is 0 Å². The van der Waals surface area contributed by atoms with Crippen molar-refractivity contribution < 1.29 is 19.5 Å². The van der Waals surface area contributed by atoms with Gasteiger partial charge in [0.05, 0.1) is 17.7 Å². The van der Waals surface area contributed by atoms with Gasteiger partial charge in [0.15, 0.2) is 0 Å². The van der Waals surface area contributed by atoms with Gasteiger partial charge in [0.25, 0.3) is 5.91 Å². The summed E-state index contributed by atoms with van der Waals surface area (Å²) < 4.78 is 0.